The first-order valence-electron chi connectivity index (χ1n) is 8.39. The fourth-order valence-electron chi connectivity index (χ4n) is 2.59. The zero-order chi connectivity index (χ0) is 18.2. The Morgan fingerprint density at radius 2 is 1.58 bits per heavy atom. The number of hydrogen-bond donors (Lipinski definition) is 1. The van der Waals surface area contributed by atoms with Crippen LogP contribution in [0, 0.1) is 5.21 Å². The molecule has 0 unspecified atom stereocenters. The minimum atomic E-state index is -0.402. The van der Waals surface area contributed by atoms with Crippen LogP contribution in [-0.2, 0) is 24.5 Å². The van der Waals surface area contributed by atoms with Crippen molar-refractivity contribution in [2.45, 2.75) is 19.8 Å². The summed E-state index contributed by atoms with van der Waals surface area (Å²) in [5.74, 6) is -0.402. The number of aromatic nitrogens is 1. The molecule has 0 aliphatic rings. The lowest BCUT2D eigenvalue weighted by Crippen LogP contribution is -2.38. The van der Waals surface area contributed by atoms with Crippen molar-refractivity contribution in [3.8, 4) is 0 Å². The predicted molar refractivity (Wildman–Crippen MR) is 97.9 cm³/mol. The van der Waals surface area contributed by atoms with Crippen LogP contribution in [-0.4, -0.2) is 5.91 Å². The second-order valence-corrected chi connectivity index (χ2v) is 5.84. The van der Waals surface area contributed by atoms with Gasteiger partial charge in [-0.15, -0.1) is 0 Å². The van der Waals surface area contributed by atoms with Gasteiger partial charge in [0, 0.05) is 18.7 Å². The topological polar surface area (TPSA) is 65.3 Å². The number of nitrogens with zero attached hydrogens (tertiary/aromatic N) is 1. The second-order valence-electron chi connectivity index (χ2n) is 5.84. The summed E-state index contributed by atoms with van der Waals surface area (Å²) in [6, 6.07) is 22.5. The van der Waals surface area contributed by atoms with Crippen molar-refractivity contribution < 1.29 is 14.3 Å². The van der Waals surface area contributed by atoms with Gasteiger partial charge in [-0.3, -0.25) is 4.79 Å². The molecular weight excluding hydrogens is 328 g/mol. The van der Waals surface area contributed by atoms with Crippen LogP contribution in [0.4, 0.5) is 0 Å². The Kier molecular flexibility index (Phi) is 5.96. The van der Waals surface area contributed by atoms with Crippen molar-refractivity contribution in [2.24, 2.45) is 0 Å². The molecule has 2 aromatic carbocycles. The molecule has 5 nitrogen and oxygen atoms in total. The summed E-state index contributed by atoms with van der Waals surface area (Å²) in [6.45, 7) is 1.31. The fraction of sp³-hybridized carbons (Fsp3) is 0.143. The van der Waals surface area contributed by atoms with Crippen LogP contribution in [0.5, 0.6) is 0 Å². The molecule has 0 spiro atoms. The maximum absolute atomic E-state index is 12.2. The first kappa shape index (κ1) is 17.6. The van der Waals surface area contributed by atoms with E-state index in [2.05, 4.69) is 5.32 Å². The third kappa shape index (κ3) is 4.68. The van der Waals surface area contributed by atoms with Crippen LogP contribution in [0.1, 0.15) is 27.2 Å². The van der Waals surface area contributed by atoms with Crippen molar-refractivity contribution in [2.75, 3.05) is 0 Å². The zero-order valence-electron chi connectivity index (χ0n) is 14.3. The Hall–Kier alpha value is -3.18. The minimum Gasteiger partial charge on any atom is -0.618 e. The Morgan fingerprint density at radius 3 is 2.35 bits per heavy atom. The highest BCUT2D eigenvalue weighted by molar-refractivity contribution is 5.90. The van der Waals surface area contributed by atoms with Gasteiger partial charge in [-0.2, -0.15) is 4.73 Å². The molecular formula is C21H20N2O3. The lowest BCUT2D eigenvalue weighted by Gasteiger charge is -2.11. The van der Waals surface area contributed by atoms with E-state index in [1.165, 1.54) is 12.3 Å². The number of ether oxygens (including phenoxy) is 1. The quantitative estimate of drug-likeness (QED) is 0.527. The molecule has 0 fully saturated rings. The summed E-state index contributed by atoms with van der Waals surface area (Å²) in [4.78, 5) is 12.2. The second kappa shape index (κ2) is 8.78. The largest absolute Gasteiger partial charge is 0.618 e. The van der Waals surface area contributed by atoms with Crippen LogP contribution in [0.15, 0.2) is 79.0 Å². The molecule has 26 heavy (non-hydrogen) atoms. The average molecular weight is 348 g/mol. The Labute approximate surface area is 152 Å². The molecule has 132 valence electrons. The van der Waals surface area contributed by atoms with Gasteiger partial charge in [0.25, 0.3) is 5.69 Å². The van der Waals surface area contributed by atoms with E-state index < -0.39 is 5.91 Å². The predicted octanol–water partition coefficient (Wildman–Crippen LogP) is 2.97. The minimum absolute atomic E-state index is 0.0744. The summed E-state index contributed by atoms with van der Waals surface area (Å²) in [5.41, 5.74) is 3.15. The van der Waals surface area contributed by atoms with Gasteiger partial charge < -0.3 is 15.3 Å². The van der Waals surface area contributed by atoms with E-state index in [1.54, 1.807) is 12.1 Å². The van der Waals surface area contributed by atoms with Gasteiger partial charge in [0.2, 0.25) is 0 Å². The van der Waals surface area contributed by atoms with Crippen molar-refractivity contribution in [1.29, 1.82) is 0 Å². The van der Waals surface area contributed by atoms with E-state index in [0.717, 1.165) is 16.7 Å². The molecule has 1 N–H and O–H groups in total. The number of nitrogens with one attached hydrogen (secondary N) is 1. The van der Waals surface area contributed by atoms with E-state index in [1.807, 2.05) is 54.6 Å². The molecule has 0 aliphatic heterocycles. The lowest BCUT2D eigenvalue weighted by molar-refractivity contribution is -0.607. The maximum Gasteiger partial charge on any atom is 0.317 e. The van der Waals surface area contributed by atoms with Crippen LogP contribution < -0.4 is 10.0 Å². The maximum atomic E-state index is 12.2. The standard InChI is InChI=1S/C21H20N2O3/c24-21(20-12-6-7-13-23(20)25)22-14-18-10-4-5-11-19(18)16-26-15-17-8-2-1-3-9-17/h1-13H,14-16H2,(H,22,24). The van der Waals surface area contributed by atoms with Gasteiger partial charge in [0.15, 0.2) is 6.20 Å². The van der Waals surface area contributed by atoms with E-state index in [0.29, 0.717) is 24.5 Å². The van der Waals surface area contributed by atoms with Crippen molar-refractivity contribution >= 4 is 5.91 Å². The number of pyridine rings is 1. The molecule has 0 radical (unpaired) electrons. The van der Waals surface area contributed by atoms with Crippen LogP contribution >= 0.6 is 0 Å². The van der Waals surface area contributed by atoms with E-state index in [-0.39, 0.29) is 5.69 Å². The Bertz CT molecular complexity index is 866. The first-order chi connectivity index (χ1) is 12.7. The zero-order valence-corrected chi connectivity index (χ0v) is 14.3. The molecule has 3 rings (SSSR count). The first-order valence-corrected chi connectivity index (χ1v) is 8.39. The molecule has 0 saturated heterocycles. The molecule has 1 aromatic heterocycles. The smallest absolute Gasteiger partial charge is 0.317 e. The Morgan fingerprint density at radius 1 is 0.885 bits per heavy atom. The third-order valence-electron chi connectivity index (χ3n) is 3.98. The number of benzene rings is 2. The molecule has 1 heterocycles. The van der Waals surface area contributed by atoms with Crippen LogP contribution in [0.25, 0.3) is 0 Å². The van der Waals surface area contributed by atoms with Crippen molar-refractivity contribution in [3.05, 3.63) is 107 Å². The van der Waals surface area contributed by atoms with Gasteiger partial charge in [0.1, 0.15) is 0 Å². The Balaban J connectivity index is 1.58. The van der Waals surface area contributed by atoms with E-state index in [9.17, 15) is 10.0 Å². The summed E-state index contributed by atoms with van der Waals surface area (Å²) in [6.07, 6.45) is 1.31. The number of hydrogen-bond acceptors (Lipinski definition) is 3. The molecule has 0 atom stereocenters. The highest BCUT2D eigenvalue weighted by atomic mass is 16.5. The SMILES string of the molecule is O=C(NCc1ccccc1COCc1ccccc1)c1cccc[n+]1[O-]. The third-order valence-corrected chi connectivity index (χ3v) is 3.98. The van der Waals surface area contributed by atoms with E-state index in [4.69, 9.17) is 4.74 Å². The van der Waals surface area contributed by atoms with Crippen molar-refractivity contribution in [1.82, 2.24) is 5.32 Å². The summed E-state index contributed by atoms with van der Waals surface area (Å²) >= 11 is 0. The highest BCUT2D eigenvalue weighted by Crippen LogP contribution is 2.12. The van der Waals surface area contributed by atoms with Gasteiger partial charge in [-0.25, -0.2) is 0 Å². The molecule has 1 amide bonds. The average Bonchev–Trinajstić information content (AvgIpc) is 2.68. The van der Waals surface area contributed by atoms with Crippen LogP contribution in [0.3, 0.4) is 0 Å². The summed E-state index contributed by atoms with van der Waals surface area (Å²) < 4.78 is 6.35. The normalized spacial score (nSPS) is 10.5. The molecule has 0 aliphatic carbocycles. The van der Waals surface area contributed by atoms with Gasteiger partial charge in [0.05, 0.1) is 13.2 Å². The van der Waals surface area contributed by atoms with Gasteiger partial charge in [-0.05, 0) is 22.8 Å². The van der Waals surface area contributed by atoms with Gasteiger partial charge >= 0.3 is 5.91 Å². The molecule has 3 aromatic rings. The number of carbonyl (C=O) groups excluding carboxylic acids is 1. The molecule has 0 bridgehead atoms. The monoisotopic (exact) mass is 348 g/mol. The highest BCUT2D eigenvalue weighted by Gasteiger charge is 2.14. The lowest BCUT2D eigenvalue weighted by atomic mass is 10.1. The fourth-order valence-corrected chi connectivity index (χ4v) is 2.59. The number of carbonyl (C=O) groups is 1. The molecule has 0 saturated carbocycles. The number of amides is 1. The summed E-state index contributed by atoms with van der Waals surface area (Å²) in [5, 5.41) is 14.4. The van der Waals surface area contributed by atoms with E-state index >= 15 is 0 Å². The summed E-state index contributed by atoms with van der Waals surface area (Å²) in [7, 11) is 0. The number of rotatable bonds is 7. The van der Waals surface area contributed by atoms with Gasteiger partial charge in [-0.1, -0.05) is 54.6 Å². The van der Waals surface area contributed by atoms with Crippen molar-refractivity contribution in [3.63, 3.8) is 0 Å². The molecule has 5 heteroatoms. The van der Waals surface area contributed by atoms with Crippen LogP contribution in [0.2, 0.25) is 0 Å².